The maximum absolute atomic E-state index is 13.4. The molecular weight excluding hydrogens is 256 g/mol. The molecule has 6 heteroatoms. The molecule has 92 valence electrons. The van der Waals surface area contributed by atoms with Crippen molar-refractivity contribution in [1.29, 1.82) is 0 Å². The third-order valence-corrected chi connectivity index (χ3v) is 2.90. The van der Waals surface area contributed by atoms with E-state index < -0.39 is 41.0 Å². The van der Waals surface area contributed by atoms with Crippen LogP contribution in [0.1, 0.15) is 11.1 Å². The number of benzene rings is 1. The number of aliphatic hydroxyl groups excluding tert-OH is 1. The van der Waals surface area contributed by atoms with E-state index in [1.807, 2.05) is 0 Å². The average Bonchev–Trinajstić information content (AvgIpc) is 2.32. The highest BCUT2D eigenvalue weighted by atomic mass is 32.2. The second kappa shape index (κ2) is 5.94. The SMILES string of the molecule is C#CCSCc1c(F)c(F)c(CO)c(F)c1F. The average molecular weight is 264 g/mol. The van der Waals surface area contributed by atoms with Crippen molar-refractivity contribution >= 4 is 11.8 Å². The zero-order valence-electron chi connectivity index (χ0n) is 8.57. The Hall–Kier alpha value is -1.19. The summed E-state index contributed by atoms with van der Waals surface area (Å²) in [5.41, 5.74) is -1.72. The van der Waals surface area contributed by atoms with Gasteiger partial charge in [-0.15, -0.1) is 18.2 Å². The Labute approximate surface area is 99.8 Å². The maximum atomic E-state index is 13.4. The van der Waals surface area contributed by atoms with Crippen LogP contribution in [-0.4, -0.2) is 10.9 Å². The fraction of sp³-hybridized carbons (Fsp3) is 0.273. The number of aliphatic hydroxyl groups is 1. The Morgan fingerprint density at radius 2 is 1.47 bits per heavy atom. The lowest BCUT2D eigenvalue weighted by Crippen LogP contribution is -2.08. The van der Waals surface area contributed by atoms with Gasteiger partial charge in [0, 0.05) is 11.3 Å². The van der Waals surface area contributed by atoms with Crippen LogP contribution in [0.2, 0.25) is 0 Å². The van der Waals surface area contributed by atoms with Crippen molar-refractivity contribution in [3.63, 3.8) is 0 Å². The third kappa shape index (κ3) is 2.73. The monoisotopic (exact) mass is 264 g/mol. The van der Waals surface area contributed by atoms with E-state index in [9.17, 15) is 17.6 Å². The number of hydrogen-bond acceptors (Lipinski definition) is 2. The van der Waals surface area contributed by atoms with Crippen LogP contribution >= 0.6 is 11.8 Å². The first kappa shape index (κ1) is 13.9. The van der Waals surface area contributed by atoms with Gasteiger partial charge in [-0.25, -0.2) is 17.6 Å². The molecule has 0 amide bonds. The summed E-state index contributed by atoms with van der Waals surface area (Å²) in [7, 11) is 0. The molecule has 0 radical (unpaired) electrons. The van der Waals surface area contributed by atoms with E-state index in [2.05, 4.69) is 5.92 Å². The van der Waals surface area contributed by atoms with Gasteiger partial charge in [-0.2, -0.15) is 0 Å². The number of rotatable bonds is 4. The van der Waals surface area contributed by atoms with Crippen LogP contribution in [0.4, 0.5) is 17.6 Å². The lowest BCUT2D eigenvalue weighted by Gasteiger charge is -2.09. The van der Waals surface area contributed by atoms with Gasteiger partial charge in [0.15, 0.2) is 23.3 Å². The highest BCUT2D eigenvalue weighted by Crippen LogP contribution is 2.27. The molecule has 17 heavy (non-hydrogen) atoms. The van der Waals surface area contributed by atoms with Crippen LogP contribution in [0.3, 0.4) is 0 Å². The van der Waals surface area contributed by atoms with Crippen LogP contribution in [-0.2, 0) is 12.4 Å². The zero-order chi connectivity index (χ0) is 13.0. The van der Waals surface area contributed by atoms with Crippen molar-refractivity contribution in [2.75, 3.05) is 5.75 Å². The summed E-state index contributed by atoms with van der Waals surface area (Å²) in [6.07, 6.45) is 4.93. The molecule has 0 aliphatic rings. The molecule has 0 unspecified atom stereocenters. The molecule has 1 aromatic carbocycles. The fourth-order valence-corrected chi connectivity index (χ4v) is 1.88. The minimum absolute atomic E-state index is 0.171. The number of terminal acetylenes is 1. The number of hydrogen-bond donors (Lipinski definition) is 1. The first-order valence-electron chi connectivity index (χ1n) is 4.50. The molecule has 0 aliphatic heterocycles. The normalized spacial score (nSPS) is 10.4. The van der Waals surface area contributed by atoms with Gasteiger partial charge in [-0.1, -0.05) is 5.92 Å². The van der Waals surface area contributed by atoms with Crippen molar-refractivity contribution in [3.05, 3.63) is 34.4 Å². The van der Waals surface area contributed by atoms with E-state index in [1.165, 1.54) is 0 Å². The van der Waals surface area contributed by atoms with Gasteiger partial charge in [0.2, 0.25) is 0 Å². The van der Waals surface area contributed by atoms with Gasteiger partial charge in [-0.3, -0.25) is 0 Å². The molecule has 0 aromatic heterocycles. The van der Waals surface area contributed by atoms with Gasteiger partial charge in [0.1, 0.15) is 0 Å². The molecule has 0 saturated heterocycles. The number of thioether (sulfide) groups is 1. The quantitative estimate of drug-likeness (QED) is 0.390. The Morgan fingerprint density at radius 1 is 1.00 bits per heavy atom. The van der Waals surface area contributed by atoms with E-state index in [0.29, 0.717) is 0 Å². The Balaban J connectivity index is 3.19. The van der Waals surface area contributed by atoms with Crippen molar-refractivity contribution in [2.45, 2.75) is 12.4 Å². The van der Waals surface area contributed by atoms with Crippen molar-refractivity contribution in [2.24, 2.45) is 0 Å². The second-order valence-electron chi connectivity index (χ2n) is 3.07. The second-order valence-corrected chi connectivity index (χ2v) is 4.05. The number of halogens is 4. The van der Waals surface area contributed by atoms with Crippen LogP contribution < -0.4 is 0 Å². The molecular formula is C11H8F4OS. The lowest BCUT2D eigenvalue weighted by atomic mass is 10.1. The molecule has 0 aliphatic carbocycles. The van der Waals surface area contributed by atoms with Crippen LogP contribution in [0, 0.1) is 35.6 Å². The minimum Gasteiger partial charge on any atom is -0.391 e. The third-order valence-electron chi connectivity index (χ3n) is 2.04. The van der Waals surface area contributed by atoms with E-state index in [0.717, 1.165) is 11.8 Å². The van der Waals surface area contributed by atoms with E-state index >= 15 is 0 Å². The van der Waals surface area contributed by atoms with E-state index in [-0.39, 0.29) is 11.5 Å². The first-order valence-corrected chi connectivity index (χ1v) is 5.65. The van der Waals surface area contributed by atoms with Gasteiger partial charge in [-0.05, 0) is 0 Å². The van der Waals surface area contributed by atoms with Crippen LogP contribution in [0.25, 0.3) is 0 Å². The summed E-state index contributed by atoms with van der Waals surface area (Å²) in [4.78, 5) is 0. The van der Waals surface area contributed by atoms with Crippen molar-refractivity contribution in [3.8, 4) is 12.3 Å². The molecule has 0 heterocycles. The van der Waals surface area contributed by atoms with Gasteiger partial charge >= 0.3 is 0 Å². The Bertz CT molecular complexity index is 439. The van der Waals surface area contributed by atoms with Crippen molar-refractivity contribution < 1.29 is 22.7 Å². The minimum atomic E-state index is -1.57. The van der Waals surface area contributed by atoms with Crippen molar-refractivity contribution in [1.82, 2.24) is 0 Å². The molecule has 0 fully saturated rings. The molecule has 1 nitrogen and oxygen atoms in total. The van der Waals surface area contributed by atoms with E-state index in [1.54, 1.807) is 0 Å². The maximum Gasteiger partial charge on any atom is 0.167 e. The summed E-state index contributed by atoms with van der Waals surface area (Å²) in [6.45, 7) is -1.11. The molecule has 1 rings (SSSR count). The lowest BCUT2D eigenvalue weighted by molar-refractivity contribution is 0.262. The predicted octanol–water partition coefficient (Wildman–Crippen LogP) is 2.60. The van der Waals surface area contributed by atoms with E-state index in [4.69, 9.17) is 11.5 Å². The highest BCUT2D eigenvalue weighted by molar-refractivity contribution is 7.98. The van der Waals surface area contributed by atoms with Gasteiger partial charge < -0.3 is 5.11 Å². The van der Waals surface area contributed by atoms with Gasteiger partial charge in [0.05, 0.1) is 17.9 Å². The molecule has 0 saturated carbocycles. The molecule has 0 atom stereocenters. The van der Waals surface area contributed by atoms with Crippen LogP contribution in [0.15, 0.2) is 0 Å². The standard InChI is InChI=1S/C11H8F4OS/c1-2-3-17-5-7-10(14)8(12)6(4-16)9(13)11(7)15/h1,16H,3-5H2. The topological polar surface area (TPSA) is 20.2 Å². The summed E-state index contributed by atoms with van der Waals surface area (Å²) in [5.74, 6) is -4.00. The Morgan fingerprint density at radius 3 is 1.88 bits per heavy atom. The fourth-order valence-electron chi connectivity index (χ4n) is 1.20. The highest BCUT2D eigenvalue weighted by Gasteiger charge is 2.24. The largest absolute Gasteiger partial charge is 0.391 e. The van der Waals surface area contributed by atoms with Crippen LogP contribution in [0.5, 0.6) is 0 Å². The molecule has 0 spiro atoms. The summed E-state index contributed by atoms with van der Waals surface area (Å²) < 4.78 is 53.2. The molecule has 1 N–H and O–H groups in total. The molecule has 0 bridgehead atoms. The molecule has 1 aromatic rings. The predicted molar refractivity (Wildman–Crippen MR) is 57.2 cm³/mol. The summed E-state index contributed by atoms with van der Waals surface area (Å²) in [5, 5.41) is 8.61. The van der Waals surface area contributed by atoms with Gasteiger partial charge in [0.25, 0.3) is 0 Å². The Kier molecular flexibility index (Phi) is 4.85. The summed E-state index contributed by atoms with van der Waals surface area (Å²) >= 11 is 0.954. The smallest absolute Gasteiger partial charge is 0.167 e. The summed E-state index contributed by atoms with van der Waals surface area (Å²) in [6, 6.07) is 0. The first-order chi connectivity index (χ1) is 8.04. The zero-order valence-corrected chi connectivity index (χ0v) is 9.38.